The number of rotatable bonds is 5. The van der Waals surface area contributed by atoms with Gasteiger partial charge in [-0.05, 0) is 45.5 Å². The number of anilines is 1. The van der Waals surface area contributed by atoms with E-state index in [9.17, 15) is 5.26 Å². The normalized spacial score (nSPS) is 16.4. The molecule has 108 valence electrons. The van der Waals surface area contributed by atoms with Crippen molar-refractivity contribution in [2.45, 2.75) is 24.8 Å². The maximum Gasteiger partial charge on any atom is 0.121 e. The third-order valence-corrected chi connectivity index (χ3v) is 4.50. The molecule has 20 heavy (non-hydrogen) atoms. The van der Waals surface area contributed by atoms with Crippen LogP contribution in [0.1, 0.15) is 24.8 Å². The van der Waals surface area contributed by atoms with Gasteiger partial charge >= 0.3 is 0 Å². The topological polar surface area (TPSA) is 39.5 Å². The molecule has 0 atom stereocenters. The maximum atomic E-state index is 9.28. The molecule has 0 spiro atoms. The van der Waals surface area contributed by atoms with Gasteiger partial charge in [0.1, 0.15) is 11.8 Å². The molecule has 0 heterocycles. The third kappa shape index (κ3) is 2.59. The van der Waals surface area contributed by atoms with E-state index in [0.29, 0.717) is 5.56 Å². The van der Waals surface area contributed by atoms with Crippen LogP contribution in [-0.4, -0.2) is 45.2 Å². The number of hydrogen-bond donors (Lipinski definition) is 0. The van der Waals surface area contributed by atoms with E-state index in [1.54, 1.807) is 7.11 Å². The highest BCUT2D eigenvalue weighted by atomic mass is 16.5. The van der Waals surface area contributed by atoms with Gasteiger partial charge in [0.15, 0.2) is 0 Å². The number of nitrogens with zero attached hydrogens (tertiary/aromatic N) is 3. The van der Waals surface area contributed by atoms with Gasteiger partial charge in [-0.25, -0.2) is 0 Å². The van der Waals surface area contributed by atoms with Crippen molar-refractivity contribution in [3.63, 3.8) is 0 Å². The van der Waals surface area contributed by atoms with E-state index in [2.05, 4.69) is 37.0 Å². The Morgan fingerprint density at radius 2 is 2.00 bits per heavy atom. The number of benzene rings is 1. The molecule has 0 N–H and O–H groups in total. The average molecular weight is 273 g/mol. The summed E-state index contributed by atoms with van der Waals surface area (Å²) in [6, 6.07) is 7.87. The fourth-order valence-electron chi connectivity index (χ4n) is 2.91. The van der Waals surface area contributed by atoms with Crippen LogP contribution < -0.4 is 9.64 Å². The van der Waals surface area contributed by atoms with Gasteiger partial charge in [-0.2, -0.15) is 5.26 Å². The summed E-state index contributed by atoms with van der Waals surface area (Å²) in [6.45, 7) is 0.932. The first-order valence-electron chi connectivity index (χ1n) is 6.99. The molecule has 2 rings (SSSR count). The first-order valence-corrected chi connectivity index (χ1v) is 6.99. The van der Waals surface area contributed by atoms with Crippen LogP contribution in [0, 0.1) is 11.3 Å². The summed E-state index contributed by atoms with van der Waals surface area (Å²) in [5, 5.41) is 9.28. The lowest BCUT2D eigenvalue weighted by molar-refractivity contribution is 0.0683. The van der Waals surface area contributed by atoms with E-state index in [1.807, 2.05) is 18.2 Å². The number of likely N-dealkylation sites (N-methyl/N-ethyl adjacent to an activating group) is 2. The monoisotopic (exact) mass is 273 g/mol. The van der Waals surface area contributed by atoms with E-state index in [1.165, 1.54) is 19.3 Å². The molecule has 0 aromatic heterocycles. The number of ether oxygens (including phenoxy) is 1. The van der Waals surface area contributed by atoms with Crippen LogP contribution in [0.25, 0.3) is 0 Å². The Kier molecular flexibility index (Phi) is 4.20. The molecule has 1 saturated carbocycles. The molecule has 0 aliphatic heterocycles. The zero-order valence-electron chi connectivity index (χ0n) is 12.8. The van der Waals surface area contributed by atoms with Crippen LogP contribution in [0.5, 0.6) is 5.75 Å². The minimum absolute atomic E-state index is 0.241. The lowest BCUT2D eigenvalue weighted by Crippen LogP contribution is -2.56. The summed E-state index contributed by atoms with van der Waals surface area (Å²) < 4.78 is 5.28. The van der Waals surface area contributed by atoms with Gasteiger partial charge in [0.25, 0.3) is 0 Å². The number of hydrogen-bond acceptors (Lipinski definition) is 4. The highest BCUT2D eigenvalue weighted by Crippen LogP contribution is 2.38. The van der Waals surface area contributed by atoms with Gasteiger partial charge in [0, 0.05) is 25.2 Å². The standard InChI is InChI=1S/C16H23N3O/c1-18(2)16(8-5-9-16)12-19(3)15-10-14(20-4)7-6-13(15)11-17/h6-7,10H,5,8-9,12H2,1-4H3. The van der Waals surface area contributed by atoms with Gasteiger partial charge in [-0.3, -0.25) is 0 Å². The lowest BCUT2D eigenvalue weighted by Gasteiger charge is -2.49. The summed E-state index contributed by atoms with van der Waals surface area (Å²) in [5.41, 5.74) is 1.88. The molecule has 1 aromatic rings. The van der Waals surface area contributed by atoms with Crippen LogP contribution in [0.15, 0.2) is 18.2 Å². The van der Waals surface area contributed by atoms with E-state index >= 15 is 0 Å². The fraction of sp³-hybridized carbons (Fsp3) is 0.562. The zero-order valence-corrected chi connectivity index (χ0v) is 12.8. The summed E-state index contributed by atoms with van der Waals surface area (Å²) in [7, 11) is 7.99. The van der Waals surface area contributed by atoms with Crippen molar-refractivity contribution < 1.29 is 4.74 Å². The van der Waals surface area contributed by atoms with Crippen LogP contribution in [0.3, 0.4) is 0 Å². The summed E-state index contributed by atoms with van der Waals surface area (Å²) in [4.78, 5) is 4.50. The molecular weight excluding hydrogens is 250 g/mol. The predicted octanol–water partition coefficient (Wildman–Crippen LogP) is 2.49. The van der Waals surface area contributed by atoms with Gasteiger partial charge in [-0.15, -0.1) is 0 Å². The van der Waals surface area contributed by atoms with Gasteiger partial charge in [-0.1, -0.05) is 0 Å². The quantitative estimate of drug-likeness (QED) is 0.826. The number of nitriles is 1. The smallest absolute Gasteiger partial charge is 0.121 e. The summed E-state index contributed by atoms with van der Waals surface area (Å²) in [5.74, 6) is 0.790. The van der Waals surface area contributed by atoms with E-state index in [0.717, 1.165) is 18.0 Å². The second-order valence-electron chi connectivity index (χ2n) is 5.82. The molecule has 0 amide bonds. The van der Waals surface area contributed by atoms with E-state index in [-0.39, 0.29) is 5.54 Å². The first-order chi connectivity index (χ1) is 9.52. The second kappa shape index (κ2) is 5.72. The third-order valence-electron chi connectivity index (χ3n) is 4.50. The molecule has 0 saturated heterocycles. The molecule has 1 aliphatic carbocycles. The van der Waals surface area contributed by atoms with E-state index < -0.39 is 0 Å². The van der Waals surface area contributed by atoms with Crippen molar-refractivity contribution in [3.05, 3.63) is 23.8 Å². The van der Waals surface area contributed by atoms with Crippen molar-refractivity contribution in [2.24, 2.45) is 0 Å². The van der Waals surface area contributed by atoms with Crippen LogP contribution in [0.2, 0.25) is 0 Å². The Morgan fingerprint density at radius 1 is 1.30 bits per heavy atom. The van der Waals surface area contributed by atoms with Crippen molar-refractivity contribution in [1.82, 2.24) is 4.90 Å². The molecule has 4 heteroatoms. The molecule has 0 unspecified atom stereocenters. The molecule has 1 aromatic carbocycles. The lowest BCUT2D eigenvalue weighted by atomic mass is 9.75. The minimum Gasteiger partial charge on any atom is -0.497 e. The second-order valence-corrected chi connectivity index (χ2v) is 5.82. The van der Waals surface area contributed by atoms with Gasteiger partial charge in [0.05, 0.1) is 18.4 Å². The van der Waals surface area contributed by atoms with Crippen molar-refractivity contribution in [3.8, 4) is 11.8 Å². The Hall–Kier alpha value is -1.73. The summed E-state index contributed by atoms with van der Waals surface area (Å²) >= 11 is 0. The van der Waals surface area contributed by atoms with Crippen molar-refractivity contribution >= 4 is 5.69 Å². The maximum absolute atomic E-state index is 9.28. The van der Waals surface area contributed by atoms with Crippen LogP contribution in [-0.2, 0) is 0 Å². The van der Waals surface area contributed by atoms with Gasteiger partial charge < -0.3 is 14.5 Å². The fourth-order valence-corrected chi connectivity index (χ4v) is 2.91. The zero-order chi connectivity index (χ0) is 14.8. The molecule has 1 aliphatic rings. The molecule has 4 nitrogen and oxygen atoms in total. The molecular formula is C16H23N3O. The Labute approximate surface area is 121 Å². The number of methoxy groups -OCH3 is 1. The van der Waals surface area contributed by atoms with Crippen LogP contribution in [0.4, 0.5) is 5.69 Å². The van der Waals surface area contributed by atoms with Crippen LogP contribution >= 0.6 is 0 Å². The highest BCUT2D eigenvalue weighted by molar-refractivity contribution is 5.62. The highest BCUT2D eigenvalue weighted by Gasteiger charge is 2.40. The largest absolute Gasteiger partial charge is 0.497 e. The van der Waals surface area contributed by atoms with E-state index in [4.69, 9.17) is 4.74 Å². The summed E-state index contributed by atoms with van der Waals surface area (Å²) in [6.07, 6.45) is 3.72. The van der Waals surface area contributed by atoms with Gasteiger partial charge in [0.2, 0.25) is 0 Å². The molecule has 0 bridgehead atoms. The molecule has 1 fully saturated rings. The Bertz CT molecular complexity index is 515. The van der Waals surface area contributed by atoms with Crippen molar-refractivity contribution in [1.29, 1.82) is 5.26 Å². The Balaban J connectivity index is 2.24. The Morgan fingerprint density at radius 3 is 2.45 bits per heavy atom. The SMILES string of the molecule is COc1ccc(C#N)c(N(C)CC2(N(C)C)CCC2)c1. The molecule has 0 radical (unpaired) electrons. The van der Waals surface area contributed by atoms with Crippen molar-refractivity contribution in [2.75, 3.05) is 39.7 Å². The first kappa shape index (κ1) is 14.7. The minimum atomic E-state index is 0.241. The predicted molar refractivity (Wildman–Crippen MR) is 81.2 cm³/mol. The average Bonchev–Trinajstić information content (AvgIpc) is 2.41.